The van der Waals surface area contributed by atoms with E-state index in [0.29, 0.717) is 5.92 Å². The fraction of sp³-hybridized carbons (Fsp3) is 0.400. The van der Waals surface area contributed by atoms with E-state index in [9.17, 15) is 5.21 Å². The van der Waals surface area contributed by atoms with Crippen molar-refractivity contribution in [1.82, 2.24) is 4.57 Å². The van der Waals surface area contributed by atoms with Gasteiger partial charge in [0.15, 0.2) is 0 Å². The van der Waals surface area contributed by atoms with Crippen LogP contribution in [0.1, 0.15) is 31.5 Å². The maximum absolute atomic E-state index is 9.30. The van der Waals surface area contributed by atoms with Crippen molar-refractivity contribution in [3.05, 3.63) is 35.5 Å². The van der Waals surface area contributed by atoms with Crippen LogP contribution in [0, 0.1) is 12.8 Å². The lowest BCUT2D eigenvalue weighted by molar-refractivity contribution is 0.317. The lowest BCUT2D eigenvalue weighted by atomic mass is 9.98. The normalized spacial score (nSPS) is 12.6. The summed E-state index contributed by atoms with van der Waals surface area (Å²) in [5.41, 5.74) is 4.17. The molecular formula is C15H20N2O. The third-order valence-corrected chi connectivity index (χ3v) is 3.41. The van der Waals surface area contributed by atoms with Gasteiger partial charge in [0.25, 0.3) is 0 Å². The van der Waals surface area contributed by atoms with E-state index in [1.807, 2.05) is 19.2 Å². The van der Waals surface area contributed by atoms with Gasteiger partial charge in [-0.1, -0.05) is 37.2 Å². The van der Waals surface area contributed by atoms with E-state index in [-0.39, 0.29) is 0 Å². The minimum atomic E-state index is 0.467. The first-order chi connectivity index (χ1) is 8.56. The van der Waals surface area contributed by atoms with Gasteiger partial charge in [-0.15, -0.1) is 0 Å². The van der Waals surface area contributed by atoms with E-state index < -0.39 is 0 Å². The number of hydrogen-bond donors (Lipinski definition) is 1. The van der Waals surface area contributed by atoms with Gasteiger partial charge in [-0.25, -0.2) is 0 Å². The van der Waals surface area contributed by atoms with Gasteiger partial charge in [-0.2, -0.15) is 0 Å². The molecule has 0 aliphatic heterocycles. The fourth-order valence-corrected chi connectivity index (χ4v) is 2.46. The third kappa shape index (κ3) is 2.01. The number of para-hydroxylation sites is 1. The Morgan fingerprint density at radius 1 is 1.33 bits per heavy atom. The predicted octanol–water partition coefficient (Wildman–Crippen LogP) is 3.71. The van der Waals surface area contributed by atoms with Crippen LogP contribution in [0.25, 0.3) is 10.9 Å². The summed E-state index contributed by atoms with van der Waals surface area (Å²) in [6.07, 6.45) is 0.783. The summed E-state index contributed by atoms with van der Waals surface area (Å²) in [5, 5.41) is 14.0. The van der Waals surface area contributed by atoms with Crippen LogP contribution in [0.3, 0.4) is 0 Å². The van der Waals surface area contributed by atoms with Gasteiger partial charge in [0.05, 0.1) is 5.71 Å². The fourth-order valence-electron chi connectivity index (χ4n) is 2.46. The molecule has 0 saturated carbocycles. The van der Waals surface area contributed by atoms with Crippen LogP contribution in [-0.2, 0) is 7.05 Å². The Labute approximate surface area is 108 Å². The molecule has 1 aromatic carbocycles. The molecule has 0 radical (unpaired) electrons. The highest BCUT2D eigenvalue weighted by molar-refractivity contribution is 6.12. The molecule has 0 bridgehead atoms. The average Bonchev–Trinajstić information content (AvgIpc) is 2.60. The Hall–Kier alpha value is -1.77. The molecule has 3 heteroatoms. The first kappa shape index (κ1) is 12.7. The monoisotopic (exact) mass is 244 g/mol. The van der Waals surface area contributed by atoms with E-state index in [1.165, 1.54) is 5.52 Å². The van der Waals surface area contributed by atoms with E-state index >= 15 is 0 Å². The molecule has 0 amide bonds. The van der Waals surface area contributed by atoms with E-state index in [1.54, 1.807) is 0 Å². The minimum absolute atomic E-state index is 0.467. The third-order valence-electron chi connectivity index (χ3n) is 3.41. The number of hydrogen-bond acceptors (Lipinski definition) is 2. The average molecular weight is 244 g/mol. The van der Waals surface area contributed by atoms with E-state index in [2.05, 4.69) is 42.6 Å². The molecule has 0 aliphatic carbocycles. The Kier molecular flexibility index (Phi) is 3.41. The summed E-state index contributed by atoms with van der Waals surface area (Å²) in [6.45, 7) is 6.33. The van der Waals surface area contributed by atoms with Crippen LogP contribution in [-0.4, -0.2) is 15.5 Å². The van der Waals surface area contributed by atoms with Gasteiger partial charge in [0.1, 0.15) is 0 Å². The predicted molar refractivity (Wildman–Crippen MR) is 75.4 cm³/mol. The molecule has 0 aliphatic rings. The number of benzene rings is 1. The van der Waals surface area contributed by atoms with Gasteiger partial charge >= 0.3 is 0 Å². The number of rotatable bonds is 3. The quantitative estimate of drug-likeness (QED) is 0.499. The highest BCUT2D eigenvalue weighted by Gasteiger charge is 2.17. The Morgan fingerprint density at radius 2 is 2.00 bits per heavy atom. The highest BCUT2D eigenvalue weighted by Crippen LogP contribution is 2.27. The topological polar surface area (TPSA) is 37.5 Å². The summed E-state index contributed by atoms with van der Waals surface area (Å²) >= 11 is 0. The van der Waals surface area contributed by atoms with Crippen molar-refractivity contribution in [2.75, 3.05) is 0 Å². The number of aromatic nitrogens is 1. The lowest BCUT2D eigenvalue weighted by Gasteiger charge is -2.08. The van der Waals surface area contributed by atoms with Gasteiger partial charge < -0.3 is 9.77 Å². The Balaban J connectivity index is 2.66. The molecule has 0 atom stereocenters. The van der Waals surface area contributed by atoms with Crippen LogP contribution in [0.15, 0.2) is 29.4 Å². The van der Waals surface area contributed by atoms with Gasteiger partial charge in [-0.05, 0) is 25.3 Å². The van der Waals surface area contributed by atoms with Crippen LogP contribution >= 0.6 is 0 Å². The zero-order valence-corrected chi connectivity index (χ0v) is 11.4. The van der Waals surface area contributed by atoms with Crippen molar-refractivity contribution < 1.29 is 5.21 Å². The number of aryl methyl sites for hydroxylation is 1. The number of fused-ring (bicyclic) bond motifs is 1. The molecule has 1 N–H and O–H groups in total. The van der Waals surface area contributed by atoms with Crippen molar-refractivity contribution in [2.45, 2.75) is 27.2 Å². The van der Waals surface area contributed by atoms with E-state index in [4.69, 9.17) is 0 Å². The van der Waals surface area contributed by atoms with Crippen molar-refractivity contribution in [2.24, 2.45) is 18.1 Å². The smallest absolute Gasteiger partial charge is 0.0894 e. The second-order valence-corrected chi connectivity index (χ2v) is 5.18. The molecule has 3 nitrogen and oxygen atoms in total. The first-order valence-electron chi connectivity index (χ1n) is 6.31. The molecule has 0 saturated heterocycles. The maximum atomic E-state index is 9.30. The van der Waals surface area contributed by atoms with Crippen molar-refractivity contribution in [3.8, 4) is 0 Å². The second-order valence-electron chi connectivity index (χ2n) is 5.18. The van der Waals surface area contributed by atoms with Gasteiger partial charge in [0.2, 0.25) is 0 Å². The first-order valence-corrected chi connectivity index (χ1v) is 6.31. The van der Waals surface area contributed by atoms with E-state index in [0.717, 1.165) is 28.8 Å². The second kappa shape index (κ2) is 4.84. The lowest BCUT2D eigenvalue weighted by Crippen LogP contribution is -2.07. The molecule has 1 heterocycles. The zero-order valence-electron chi connectivity index (χ0n) is 11.4. The van der Waals surface area contributed by atoms with Crippen LogP contribution < -0.4 is 0 Å². The van der Waals surface area contributed by atoms with Gasteiger partial charge in [0, 0.05) is 29.2 Å². The van der Waals surface area contributed by atoms with Crippen molar-refractivity contribution >= 4 is 16.6 Å². The number of nitrogens with zero attached hydrogens (tertiary/aromatic N) is 2. The van der Waals surface area contributed by atoms with Crippen LogP contribution in [0.5, 0.6) is 0 Å². The molecule has 0 unspecified atom stereocenters. The molecular weight excluding hydrogens is 224 g/mol. The number of oxime groups is 1. The Bertz CT molecular complexity index is 594. The maximum Gasteiger partial charge on any atom is 0.0894 e. The molecule has 1 aromatic heterocycles. The standard InChI is InChI=1S/C15H20N2O/c1-10(2)9-13(16-18)15-11(3)17(4)14-8-6-5-7-12(14)15/h5-8,10,18H,9H2,1-4H3. The Morgan fingerprint density at radius 3 is 2.61 bits per heavy atom. The molecule has 0 fully saturated rings. The zero-order chi connectivity index (χ0) is 13.3. The largest absolute Gasteiger partial charge is 0.411 e. The summed E-state index contributed by atoms with van der Waals surface area (Å²) in [6, 6.07) is 8.23. The summed E-state index contributed by atoms with van der Waals surface area (Å²) in [5.74, 6) is 0.467. The highest BCUT2D eigenvalue weighted by atomic mass is 16.4. The molecule has 96 valence electrons. The summed E-state index contributed by atoms with van der Waals surface area (Å²) < 4.78 is 2.15. The summed E-state index contributed by atoms with van der Waals surface area (Å²) in [7, 11) is 2.05. The van der Waals surface area contributed by atoms with Crippen LogP contribution in [0.2, 0.25) is 0 Å². The van der Waals surface area contributed by atoms with Gasteiger partial charge in [-0.3, -0.25) is 0 Å². The van der Waals surface area contributed by atoms with Crippen molar-refractivity contribution in [1.29, 1.82) is 0 Å². The van der Waals surface area contributed by atoms with Crippen LogP contribution in [0.4, 0.5) is 0 Å². The molecule has 2 rings (SSSR count). The molecule has 18 heavy (non-hydrogen) atoms. The minimum Gasteiger partial charge on any atom is -0.411 e. The summed E-state index contributed by atoms with van der Waals surface area (Å²) in [4.78, 5) is 0. The SMILES string of the molecule is Cc1c(C(CC(C)C)=NO)c2ccccc2n1C. The molecule has 0 spiro atoms. The van der Waals surface area contributed by atoms with Crippen molar-refractivity contribution in [3.63, 3.8) is 0 Å². The molecule has 2 aromatic rings.